The Morgan fingerprint density at radius 3 is 2.33 bits per heavy atom. The molecule has 36 heavy (non-hydrogen) atoms. The monoisotopic (exact) mass is 536 g/mol. The number of carbonyl (C=O) groups is 3. The van der Waals surface area contributed by atoms with E-state index in [-0.39, 0.29) is 15.2 Å². The summed E-state index contributed by atoms with van der Waals surface area (Å²) >= 11 is 5.94. The standard InChI is InChI=1S/C19H13ClF4N4O8/c1-26-12(19(22,23)24)5-13(29)28(18(26)35)10-3-9(7(20)2-8(10)21)25-17-27(6-15(32)33)16(34)11(36-17)4-14(30)31/h2-3,5,11H,4,6H2,1H3,(H,30,31)(H,32,33). The van der Waals surface area contributed by atoms with Gasteiger partial charge in [0, 0.05) is 13.1 Å². The van der Waals surface area contributed by atoms with Crippen LogP contribution in [0.15, 0.2) is 32.8 Å². The Bertz CT molecular complexity index is 1430. The smallest absolute Gasteiger partial charge is 0.431 e. The lowest BCUT2D eigenvalue weighted by atomic mass is 10.2. The number of aliphatic carboxylic acids is 2. The number of amidine groups is 1. The second kappa shape index (κ2) is 9.44. The minimum Gasteiger partial charge on any atom is -0.481 e. The van der Waals surface area contributed by atoms with Gasteiger partial charge in [0.05, 0.1) is 22.8 Å². The van der Waals surface area contributed by atoms with Crippen LogP contribution in [0.4, 0.5) is 23.2 Å². The van der Waals surface area contributed by atoms with Gasteiger partial charge in [0.2, 0.25) is 0 Å². The number of benzene rings is 1. The van der Waals surface area contributed by atoms with Crippen molar-refractivity contribution >= 4 is 41.2 Å². The first-order valence-electron chi connectivity index (χ1n) is 9.51. The topological polar surface area (TPSA) is 160 Å². The molecular weight excluding hydrogens is 524 g/mol. The van der Waals surface area contributed by atoms with Crippen molar-refractivity contribution in [2.45, 2.75) is 18.7 Å². The molecule has 0 bridgehead atoms. The Kier molecular flexibility index (Phi) is 6.92. The SMILES string of the molecule is Cn1c(C(F)(F)F)cc(=O)n(-c2cc(N=C3OC(CC(=O)O)C(=O)N3CC(=O)O)c(Cl)cc2F)c1=O. The number of hydrogen-bond acceptors (Lipinski definition) is 7. The van der Waals surface area contributed by atoms with Gasteiger partial charge in [0.15, 0.2) is 6.10 Å². The summed E-state index contributed by atoms with van der Waals surface area (Å²) in [4.78, 5) is 63.6. The van der Waals surface area contributed by atoms with Crippen LogP contribution in [0.25, 0.3) is 5.69 Å². The third-order valence-electron chi connectivity index (χ3n) is 4.76. The highest BCUT2D eigenvalue weighted by atomic mass is 35.5. The molecule has 12 nitrogen and oxygen atoms in total. The summed E-state index contributed by atoms with van der Waals surface area (Å²) in [7, 11) is 0.709. The molecular formula is C19H13ClF4N4O8. The zero-order valence-electron chi connectivity index (χ0n) is 17.7. The molecule has 0 spiro atoms. The fourth-order valence-corrected chi connectivity index (χ4v) is 3.36. The van der Waals surface area contributed by atoms with Gasteiger partial charge < -0.3 is 14.9 Å². The number of rotatable bonds is 6. The minimum absolute atomic E-state index is 0.0743. The first kappa shape index (κ1) is 26.4. The number of aliphatic imine (C=N–C) groups is 1. The molecule has 3 rings (SSSR count). The molecule has 1 saturated heterocycles. The Balaban J connectivity index is 2.18. The second-order valence-electron chi connectivity index (χ2n) is 7.21. The number of carboxylic acid groups (broad SMARTS) is 2. The van der Waals surface area contributed by atoms with Crippen LogP contribution in [-0.4, -0.2) is 60.8 Å². The number of carboxylic acids is 2. The molecule has 2 heterocycles. The van der Waals surface area contributed by atoms with E-state index in [0.29, 0.717) is 24.1 Å². The maximum absolute atomic E-state index is 14.7. The van der Waals surface area contributed by atoms with Crippen molar-refractivity contribution in [1.29, 1.82) is 0 Å². The van der Waals surface area contributed by atoms with E-state index in [1.807, 2.05) is 0 Å². The predicted molar refractivity (Wildman–Crippen MR) is 111 cm³/mol. The van der Waals surface area contributed by atoms with Gasteiger partial charge >= 0.3 is 29.8 Å². The highest BCUT2D eigenvalue weighted by Gasteiger charge is 2.41. The Labute approximate surface area is 201 Å². The average molecular weight is 537 g/mol. The zero-order chi connectivity index (χ0) is 27.1. The number of carbonyl (C=O) groups excluding carboxylic acids is 1. The van der Waals surface area contributed by atoms with E-state index in [0.717, 1.165) is 0 Å². The first-order valence-corrected chi connectivity index (χ1v) is 9.89. The van der Waals surface area contributed by atoms with Crippen molar-refractivity contribution < 1.29 is 46.9 Å². The number of nitrogens with zero attached hydrogens (tertiary/aromatic N) is 4. The van der Waals surface area contributed by atoms with Gasteiger partial charge in [-0.1, -0.05) is 11.6 Å². The third-order valence-corrected chi connectivity index (χ3v) is 5.06. The number of ether oxygens (including phenoxy) is 1. The van der Waals surface area contributed by atoms with E-state index >= 15 is 0 Å². The van der Waals surface area contributed by atoms with Gasteiger partial charge in [0.25, 0.3) is 11.5 Å². The summed E-state index contributed by atoms with van der Waals surface area (Å²) < 4.78 is 59.2. The fourth-order valence-electron chi connectivity index (χ4n) is 3.17. The molecule has 2 aromatic rings. The lowest BCUT2D eigenvalue weighted by Gasteiger charge is -2.15. The Morgan fingerprint density at radius 2 is 1.78 bits per heavy atom. The van der Waals surface area contributed by atoms with Crippen LogP contribution < -0.4 is 11.2 Å². The molecule has 1 unspecified atom stereocenters. The van der Waals surface area contributed by atoms with Gasteiger partial charge in [-0.2, -0.15) is 18.2 Å². The molecule has 1 atom stereocenters. The lowest BCUT2D eigenvalue weighted by Crippen LogP contribution is -2.41. The van der Waals surface area contributed by atoms with E-state index < -0.39 is 88.3 Å². The second-order valence-corrected chi connectivity index (χ2v) is 7.62. The molecule has 1 aliphatic heterocycles. The average Bonchev–Trinajstić information content (AvgIpc) is 3.00. The molecule has 1 aliphatic rings. The highest BCUT2D eigenvalue weighted by Crippen LogP contribution is 2.32. The van der Waals surface area contributed by atoms with E-state index in [1.165, 1.54) is 0 Å². The predicted octanol–water partition coefficient (Wildman–Crippen LogP) is 1.12. The molecule has 192 valence electrons. The molecule has 0 radical (unpaired) electrons. The lowest BCUT2D eigenvalue weighted by molar-refractivity contribution is -0.144. The molecule has 1 aromatic carbocycles. The first-order chi connectivity index (χ1) is 16.6. The molecule has 17 heteroatoms. The van der Waals surface area contributed by atoms with Gasteiger partial charge in [-0.05, 0) is 12.1 Å². The number of aromatic nitrogens is 2. The molecule has 0 saturated carbocycles. The maximum Gasteiger partial charge on any atom is 0.431 e. The zero-order valence-corrected chi connectivity index (χ0v) is 18.5. The summed E-state index contributed by atoms with van der Waals surface area (Å²) in [5.74, 6) is -5.35. The van der Waals surface area contributed by atoms with Gasteiger partial charge in [0.1, 0.15) is 18.1 Å². The third kappa shape index (κ3) is 5.07. The maximum atomic E-state index is 14.7. The number of halogens is 5. The van der Waals surface area contributed by atoms with E-state index in [4.69, 9.17) is 26.6 Å². The Hall–Kier alpha value is -4.21. The van der Waals surface area contributed by atoms with Crippen LogP contribution in [0.1, 0.15) is 12.1 Å². The van der Waals surface area contributed by atoms with Crippen LogP contribution in [0, 0.1) is 5.82 Å². The van der Waals surface area contributed by atoms with Crippen LogP contribution >= 0.6 is 11.6 Å². The molecule has 1 fully saturated rings. The van der Waals surface area contributed by atoms with Crippen molar-refractivity contribution in [3.05, 3.63) is 55.6 Å². The molecule has 2 N–H and O–H groups in total. The van der Waals surface area contributed by atoms with Crippen molar-refractivity contribution in [2.75, 3.05) is 6.54 Å². The van der Waals surface area contributed by atoms with E-state index in [1.54, 1.807) is 0 Å². The summed E-state index contributed by atoms with van der Waals surface area (Å²) in [6.45, 7) is -1.00. The summed E-state index contributed by atoms with van der Waals surface area (Å²) in [5, 5.41) is 17.5. The summed E-state index contributed by atoms with van der Waals surface area (Å²) in [6, 6.07) is 0.580. The van der Waals surface area contributed by atoms with Gasteiger partial charge in [-0.15, -0.1) is 0 Å². The molecule has 0 aliphatic carbocycles. The van der Waals surface area contributed by atoms with Crippen LogP contribution in [0.5, 0.6) is 0 Å². The van der Waals surface area contributed by atoms with Crippen LogP contribution in [0.3, 0.4) is 0 Å². The minimum atomic E-state index is -5.06. The summed E-state index contributed by atoms with van der Waals surface area (Å²) in [5.41, 5.74) is -6.04. The van der Waals surface area contributed by atoms with Crippen molar-refractivity contribution in [2.24, 2.45) is 12.0 Å². The largest absolute Gasteiger partial charge is 0.481 e. The van der Waals surface area contributed by atoms with E-state index in [9.17, 15) is 41.5 Å². The molecule has 1 aromatic heterocycles. The van der Waals surface area contributed by atoms with Crippen molar-refractivity contribution in [3.63, 3.8) is 0 Å². The molecule has 1 amide bonds. The van der Waals surface area contributed by atoms with Crippen molar-refractivity contribution in [1.82, 2.24) is 14.0 Å². The number of hydrogen-bond donors (Lipinski definition) is 2. The highest BCUT2D eigenvalue weighted by molar-refractivity contribution is 6.33. The van der Waals surface area contributed by atoms with Crippen molar-refractivity contribution in [3.8, 4) is 5.69 Å². The van der Waals surface area contributed by atoms with Crippen LogP contribution in [0.2, 0.25) is 5.02 Å². The summed E-state index contributed by atoms with van der Waals surface area (Å²) in [6.07, 6.45) is -7.56. The normalized spacial score (nSPS) is 16.9. The fraction of sp³-hybridized carbons (Fsp3) is 0.263. The van der Waals surface area contributed by atoms with Crippen LogP contribution in [-0.2, 0) is 32.3 Å². The number of alkyl halides is 3. The van der Waals surface area contributed by atoms with Gasteiger partial charge in [-0.3, -0.25) is 28.6 Å². The quantitative estimate of drug-likeness (QED) is 0.519. The van der Waals surface area contributed by atoms with Gasteiger partial charge in [-0.25, -0.2) is 13.8 Å². The Morgan fingerprint density at radius 1 is 1.14 bits per heavy atom. The van der Waals surface area contributed by atoms with E-state index in [2.05, 4.69) is 4.99 Å². The number of amides is 1.